The van der Waals surface area contributed by atoms with Crippen LogP contribution in [0.5, 0.6) is 0 Å². The van der Waals surface area contributed by atoms with Crippen LogP contribution in [-0.2, 0) is 0 Å². The van der Waals surface area contributed by atoms with Gasteiger partial charge >= 0.3 is 0 Å². The Labute approximate surface area is 109 Å². The summed E-state index contributed by atoms with van der Waals surface area (Å²) in [6.07, 6.45) is 2.23. The number of H-pyrrole nitrogens is 1. The van der Waals surface area contributed by atoms with E-state index in [2.05, 4.69) is 20.5 Å². The number of hydrogen-bond donors (Lipinski definition) is 2. The fourth-order valence-electron chi connectivity index (χ4n) is 1.67. The second-order valence-electron chi connectivity index (χ2n) is 4.28. The lowest BCUT2D eigenvalue weighted by molar-refractivity contribution is 0.101. The van der Waals surface area contributed by atoms with E-state index in [4.69, 9.17) is 11.6 Å². The average Bonchev–Trinajstić information content (AvgIpc) is 3.07. The first kappa shape index (κ1) is 11.2. The van der Waals surface area contributed by atoms with Crippen LogP contribution in [0.25, 0.3) is 0 Å². The van der Waals surface area contributed by atoms with Crippen LogP contribution >= 0.6 is 11.6 Å². The van der Waals surface area contributed by atoms with Gasteiger partial charge in [-0.3, -0.25) is 9.89 Å². The Kier molecular flexibility index (Phi) is 2.76. The molecular weight excluding hydrogens is 252 g/mol. The van der Waals surface area contributed by atoms with Crippen LogP contribution in [0.3, 0.4) is 0 Å². The molecule has 0 atom stereocenters. The van der Waals surface area contributed by atoms with Crippen molar-refractivity contribution in [1.82, 2.24) is 15.2 Å². The Morgan fingerprint density at radius 1 is 1.44 bits per heavy atom. The lowest BCUT2D eigenvalue weighted by Crippen LogP contribution is -2.13. The van der Waals surface area contributed by atoms with Gasteiger partial charge in [-0.25, -0.2) is 4.98 Å². The summed E-state index contributed by atoms with van der Waals surface area (Å²) in [7, 11) is 0. The number of nitrogens with zero attached hydrogens (tertiary/aromatic N) is 2. The molecule has 0 bridgehead atoms. The Hall–Kier alpha value is -1.88. The highest BCUT2D eigenvalue weighted by atomic mass is 35.5. The zero-order valence-corrected chi connectivity index (χ0v) is 10.2. The second-order valence-corrected chi connectivity index (χ2v) is 4.72. The van der Waals surface area contributed by atoms with E-state index in [1.807, 2.05) is 0 Å². The minimum Gasteiger partial charge on any atom is -0.319 e. The van der Waals surface area contributed by atoms with Crippen molar-refractivity contribution in [2.24, 2.45) is 0 Å². The SMILES string of the molecule is O=C(Nc1cccc(Cl)c1)c1n[nH]c(C2CC2)n1. The van der Waals surface area contributed by atoms with Gasteiger partial charge in [0.15, 0.2) is 0 Å². The van der Waals surface area contributed by atoms with E-state index in [9.17, 15) is 4.79 Å². The number of carbonyl (C=O) groups is 1. The van der Waals surface area contributed by atoms with Crippen LogP contribution < -0.4 is 5.32 Å². The molecule has 0 radical (unpaired) electrons. The molecule has 1 aromatic carbocycles. The molecule has 1 aliphatic rings. The quantitative estimate of drug-likeness (QED) is 0.893. The number of aromatic nitrogens is 3. The number of aromatic amines is 1. The molecule has 2 N–H and O–H groups in total. The molecule has 3 rings (SSSR count). The van der Waals surface area contributed by atoms with Crippen molar-refractivity contribution in [3.63, 3.8) is 0 Å². The van der Waals surface area contributed by atoms with Gasteiger partial charge in [0.25, 0.3) is 5.91 Å². The van der Waals surface area contributed by atoms with Crippen LogP contribution in [0.15, 0.2) is 24.3 Å². The van der Waals surface area contributed by atoms with Crippen molar-refractivity contribution in [2.75, 3.05) is 5.32 Å². The van der Waals surface area contributed by atoms with E-state index in [0.717, 1.165) is 18.7 Å². The number of amides is 1. The standard InChI is InChI=1S/C12H11ClN4O/c13-8-2-1-3-9(6-8)14-12(18)11-15-10(16-17-11)7-4-5-7/h1-3,6-7H,4-5H2,(H,14,18)(H,15,16,17). The summed E-state index contributed by atoms with van der Waals surface area (Å²) in [6, 6.07) is 6.95. The number of benzene rings is 1. The molecule has 1 fully saturated rings. The maximum atomic E-state index is 11.9. The van der Waals surface area contributed by atoms with Gasteiger partial charge in [-0.15, -0.1) is 5.10 Å². The monoisotopic (exact) mass is 262 g/mol. The van der Waals surface area contributed by atoms with E-state index in [1.54, 1.807) is 24.3 Å². The minimum atomic E-state index is -0.333. The van der Waals surface area contributed by atoms with Crippen LogP contribution in [0, 0.1) is 0 Å². The fourth-order valence-corrected chi connectivity index (χ4v) is 1.86. The van der Waals surface area contributed by atoms with Crippen molar-refractivity contribution in [2.45, 2.75) is 18.8 Å². The fraction of sp³-hybridized carbons (Fsp3) is 0.250. The molecule has 6 heteroatoms. The summed E-state index contributed by atoms with van der Waals surface area (Å²) in [5.41, 5.74) is 0.630. The van der Waals surface area contributed by atoms with Gasteiger partial charge < -0.3 is 5.32 Å². The number of nitrogens with one attached hydrogen (secondary N) is 2. The highest BCUT2D eigenvalue weighted by molar-refractivity contribution is 6.30. The number of carbonyl (C=O) groups excluding carboxylic acids is 1. The van der Waals surface area contributed by atoms with Crippen LogP contribution in [0.1, 0.15) is 35.2 Å². The van der Waals surface area contributed by atoms with Gasteiger partial charge in [-0.1, -0.05) is 17.7 Å². The maximum absolute atomic E-state index is 11.9. The van der Waals surface area contributed by atoms with Crippen molar-refractivity contribution in [1.29, 1.82) is 0 Å². The number of anilines is 1. The molecule has 92 valence electrons. The largest absolute Gasteiger partial charge is 0.319 e. The van der Waals surface area contributed by atoms with Gasteiger partial charge in [-0.2, -0.15) is 0 Å². The van der Waals surface area contributed by atoms with E-state index in [-0.39, 0.29) is 11.7 Å². The number of hydrogen-bond acceptors (Lipinski definition) is 3. The average molecular weight is 263 g/mol. The van der Waals surface area contributed by atoms with Gasteiger partial charge in [0.1, 0.15) is 5.82 Å². The normalized spacial score (nSPS) is 14.5. The number of halogens is 1. The van der Waals surface area contributed by atoms with E-state index in [1.165, 1.54) is 0 Å². The Morgan fingerprint density at radius 2 is 2.28 bits per heavy atom. The predicted molar refractivity (Wildman–Crippen MR) is 67.8 cm³/mol. The highest BCUT2D eigenvalue weighted by Crippen LogP contribution is 2.37. The first-order valence-corrected chi connectivity index (χ1v) is 6.09. The summed E-state index contributed by atoms with van der Waals surface area (Å²) in [4.78, 5) is 16.1. The van der Waals surface area contributed by atoms with Crippen LogP contribution in [-0.4, -0.2) is 21.1 Å². The molecule has 0 spiro atoms. The molecular formula is C12H11ClN4O. The molecule has 2 aromatic rings. The van der Waals surface area contributed by atoms with Crippen molar-refractivity contribution in [3.05, 3.63) is 40.9 Å². The summed E-state index contributed by atoms with van der Waals surface area (Å²) in [5, 5.41) is 9.99. The van der Waals surface area contributed by atoms with E-state index >= 15 is 0 Å². The molecule has 1 aliphatic carbocycles. The molecule has 5 nitrogen and oxygen atoms in total. The Morgan fingerprint density at radius 3 is 3.00 bits per heavy atom. The molecule has 1 amide bonds. The predicted octanol–water partition coefficient (Wildman–Crippen LogP) is 2.59. The molecule has 0 saturated heterocycles. The Balaban J connectivity index is 1.73. The smallest absolute Gasteiger partial charge is 0.295 e. The van der Waals surface area contributed by atoms with E-state index in [0.29, 0.717) is 16.6 Å². The lowest BCUT2D eigenvalue weighted by atomic mass is 10.3. The van der Waals surface area contributed by atoms with Crippen molar-refractivity contribution in [3.8, 4) is 0 Å². The molecule has 1 heterocycles. The van der Waals surface area contributed by atoms with Crippen LogP contribution in [0.2, 0.25) is 5.02 Å². The molecule has 18 heavy (non-hydrogen) atoms. The third-order valence-electron chi connectivity index (χ3n) is 2.75. The second kappa shape index (κ2) is 4.42. The van der Waals surface area contributed by atoms with E-state index < -0.39 is 0 Å². The summed E-state index contributed by atoms with van der Waals surface area (Å²) < 4.78 is 0. The van der Waals surface area contributed by atoms with Crippen molar-refractivity contribution >= 4 is 23.2 Å². The van der Waals surface area contributed by atoms with Gasteiger partial charge in [0.2, 0.25) is 5.82 Å². The zero-order valence-electron chi connectivity index (χ0n) is 9.48. The molecule has 1 aromatic heterocycles. The highest BCUT2D eigenvalue weighted by Gasteiger charge is 2.28. The van der Waals surface area contributed by atoms with Crippen LogP contribution in [0.4, 0.5) is 5.69 Å². The van der Waals surface area contributed by atoms with Crippen molar-refractivity contribution < 1.29 is 4.79 Å². The Bertz CT molecular complexity index is 591. The summed E-state index contributed by atoms with van der Waals surface area (Å²) in [5.74, 6) is 1.08. The maximum Gasteiger partial charge on any atom is 0.295 e. The molecule has 1 saturated carbocycles. The third kappa shape index (κ3) is 2.36. The van der Waals surface area contributed by atoms with Gasteiger partial charge in [-0.05, 0) is 31.0 Å². The summed E-state index contributed by atoms with van der Waals surface area (Å²) >= 11 is 5.84. The van der Waals surface area contributed by atoms with Gasteiger partial charge in [0.05, 0.1) is 0 Å². The third-order valence-corrected chi connectivity index (χ3v) is 2.99. The lowest BCUT2D eigenvalue weighted by Gasteiger charge is -2.02. The molecule has 0 unspecified atom stereocenters. The molecule has 0 aliphatic heterocycles. The summed E-state index contributed by atoms with van der Waals surface area (Å²) in [6.45, 7) is 0. The zero-order chi connectivity index (χ0) is 12.5. The van der Waals surface area contributed by atoms with Gasteiger partial charge in [0, 0.05) is 16.6 Å². The topological polar surface area (TPSA) is 70.7 Å². The first-order chi connectivity index (χ1) is 8.72. The first-order valence-electron chi connectivity index (χ1n) is 5.71. The number of rotatable bonds is 3. The minimum absolute atomic E-state index is 0.164.